The largest absolute Gasteiger partial charge is 0.328 e. The molecule has 5 heteroatoms. The lowest BCUT2D eigenvalue weighted by atomic mass is 10.2. The fourth-order valence-corrected chi connectivity index (χ4v) is 2.49. The number of aromatic amines is 1. The molecule has 2 aromatic rings. The van der Waals surface area contributed by atoms with E-state index in [1.54, 1.807) is 0 Å². The number of rotatable bonds is 5. The van der Waals surface area contributed by atoms with Crippen LogP contribution in [0.1, 0.15) is 38.8 Å². The highest BCUT2D eigenvalue weighted by atomic mass is 32.1. The third-order valence-corrected chi connectivity index (χ3v) is 3.37. The molecule has 1 N–H and O–H groups in total. The summed E-state index contributed by atoms with van der Waals surface area (Å²) in [6, 6.07) is 0. The minimum Gasteiger partial charge on any atom is -0.328 e. The summed E-state index contributed by atoms with van der Waals surface area (Å²) in [4.78, 5) is 3.30. The molecule has 0 aliphatic carbocycles. The van der Waals surface area contributed by atoms with Gasteiger partial charge in [0.05, 0.1) is 5.69 Å². The molecule has 2 heterocycles. The smallest absolute Gasteiger partial charge is 0.179 e. The number of aryl methyl sites for hydroxylation is 3. The Hall–Kier alpha value is -1.10. The quantitative estimate of drug-likeness (QED) is 0.830. The van der Waals surface area contributed by atoms with E-state index < -0.39 is 0 Å². The van der Waals surface area contributed by atoms with Gasteiger partial charge in [0.25, 0.3) is 0 Å². The Labute approximate surface area is 107 Å². The molecule has 0 saturated heterocycles. The molecule has 0 aromatic carbocycles. The van der Waals surface area contributed by atoms with E-state index in [1.807, 2.05) is 11.7 Å². The van der Waals surface area contributed by atoms with Gasteiger partial charge in [0.15, 0.2) is 10.4 Å². The lowest BCUT2D eigenvalue weighted by Gasteiger charge is -2.02. The van der Waals surface area contributed by atoms with Crippen molar-refractivity contribution in [1.82, 2.24) is 19.3 Å². The van der Waals surface area contributed by atoms with Crippen LogP contribution in [0.3, 0.4) is 0 Å². The van der Waals surface area contributed by atoms with Crippen LogP contribution in [-0.2, 0) is 20.0 Å². The minimum atomic E-state index is 0.818. The first-order valence-corrected chi connectivity index (χ1v) is 6.74. The van der Waals surface area contributed by atoms with E-state index in [0.717, 1.165) is 47.4 Å². The number of imidazole rings is 1. The van der Waals surface area contributed by atoms with Gasteiger partial charge in [-0.3, -0.25) is 4.68 Å². The number of aromatic nitrogens is 4. The van der Waals surface area contributed by atoms with Crippen LogP contribution in [0.5, 0.6) is 0 Å². The van der Waals surface area contributed by atoms with E-state index in [4.69, 9.17) is 12.2 Å². The normalized spacial score (nSPS) is 11.5. The van der Waals surface area contributed by atoms with E-state index >= 15 is 0 Å². The molecule has 17 heavy (non-hydrogen) atoms. The zero-order valence-corrected chi connectivity index (χ0v) is 11.6. The van der Waals surface area contributed by atoms with Gasteiger partial charge >= 0.3 is 0 Å². The van der Waals surface area contributed by atoms with Crippen LogP contribution < -0.4 is 0 Å². The number of nitrogens with one attached hydrogen (secondary N) is 1. The van der Waals surface area contributed by atoms with Gasteiger partial charge in [0, 0.05) is 13.6 Å². The number of unbranched alkanes of at least 4 members (excludes halogenated alkanes) is 1. The van der Waals surface area contributed by atoms with Gasteiger partial charge in [-0.05, 0) is 25.1 Å². The number of fused-ring (bicyclic) bond motifs is 1. The minimum absolute atomic E-state index is 0.818. The topological polar surface area (TPSA) is 38.5 Å². The van der Waals surface area contributed by atoms with Gasteiger partial charge in [-0.2, -0.15) is 5.10 Å². The van der Waals surface area contributed by atoms with Crippen LogP contribution in [0, 0.1) is 4.77 Å². The van der Waals surface area contributed by atoms with Crippen LogP contribution in [0.25, 0.3) is 11.2 Å². The lowest BCUT2D eigenvalue weighted by Crippen LogP contribution is -2.03. The van der Waals surface area contributed by atoms with E-state index in [9.17, 15) is 0 Å². The van der Waals surface area contributed by atoms with Crippen molar-refractivity contribution in [1.29, 1.82) is 0 Å². The van der Waals surface area contributed by atoms with Crippen LogP contribution >= 0.6 is 12.2 Å². The highest BCUT2D eigenvalue weighted by Gasteiger charge is 2.14. The summed E-state index contributed by atoms with van der Waals surface area (Å²) in [6.07, 6.45) is 4.43. The van der Waals surface area contributed by atoms with Crippen molar-refractivity contribution in [3.05, 3.63) is 10.5 Å². The molecule has 0 amide bonds. The highest BCUT2D eigenvalue weighted by Crippen LogP contribution is 2.19. The molecule has 0 aliphatic rings. The third kappa shape index (κ3) is 2.16. The van der Waals surface area contributed by atoms with Gasteiger partial charge in [-0.1, -0.05) is 26.7 Å². The standard InChI is InChI=1S/C12H20N4S/c1-4-6-8-16-11-10(13-12(16)17)9(7-5-2)14-15(11)3/h4-8H2,1-3H3,(H,13,17). The van der Waals surface area contributed by atoms with E-state index in [1.165, 1.54) is 6.42 Å². The van der Waals surface area contributed by atoms with E-state index in [2.05, 4.69) is 28.5 Å². The number of hydrogen-bond acceptors (Lipinski definition) is 2. The second-order valence-electron chi connectivity index (χ2n) is 4.45. The van der Waals surface area contributed by atoms with Gasteiger partial charge in [0.2, 0.25) is 0 Å². The average molecular weight is 252 g/mol. The fraction of sp³-hybridized carbons (Fsp3) is 0.667. The summed E-state index contributed by atoms with van der Waals surface area (Å²) in [7, 11) is 1.99. The SMILES string of the molecule is CCCCn1c(=S)[nH]c2c(CCC)nn(C)c21. The summed E-state index contributed by atoms with van der Waals surface area (Å²) in [5.41, 5.74) is 3.38. The average Bonchev–Trinajstić information content (AvgIpc) is 2.76. The Morgan fingerprint density at radius 3 is 2.71 bits per heavy atom. The molecule has 0 unspecified atom stereocenters. The van der Waals surface area contributed by atoms with Crippen molar-refractivity contribution in [2.75, 3.05) is 0 Å². The Morgan fingerprint density at radius 1 is 1.29 bits per heavy atom. The third-order valence-electron chi connectivity index (χ3n) is 3.04. The first-order valence-electron chi connectivity index (χ1n) is 6.33. The van der Waals surface area contributed by atoms with Crippen LogP contribution in [-0.4, -0.2) is 19.3 Å². The van der Waals surface area contributed by atoms with Crippen molar-refractivity contribution in [3.63, 3.8) is 0 Å². The summed E-state index contributed by atoms with van der Waals surface area (Å²) in [6.45, 7) is 5.34. The Morgan fingerprint density at radius 2 is 2.06 bits per heavy atom. The Bertz CT molecular complexity index is 561. The van der Waals surface area contributed by atoms with Crippen molar-refractivity contribution < 1.29 is 0 Å². The second kappa shape index (κ2) is 5.04. The number of hydrogen-bond donors (Lipinski definition) is 1. The zero-order valence-electron chi connectivity index (χ0n) is 10.8. The van der Waals surface area contributed by atoms with Crippen LogP contribution in [0.4, 0.5) is 0 Å². The summed E-state index contributed by atoms with van der Waals surface area (Å²) in [5.74, 6) is 0. The van der Waals surface area contributed by atoms with Crippen molar-refractivity contribution >= 4 is 23.4 Å². The Kier molecular flexibility index (Phi) is 3.66. The summed E-state index contributed by atoms with van der Waals surface area (Å²) < 4.78 is 4.93. The zero-order chi connectivity index (χ0) is 12.4. The maximum absolute atomic E-state index is 5.39. The molecule has 0 spiro atoms. The van der Waals surface area contributed by atoms with Gasteiger partial charge in [0.1, 0.15) is 5.52 Å². The van der Waals surface area contributed by atoms with Crippen LogP contribution in [0.2, 0.25) is 0 Å². The number of nitrogens with zero attached hydrogens (tertiary/aromatic N) is 3. The highest BCUT2D eigenvalue weighted by molar-refractivity contribution is 7.71. The molecule has 0 aliphatic heterocycles. The van der Waals surface area contributed by atoms with Crippen molar-refractivity contribution in [2.24, 2.45) is 7.05 Å². The van der Waals surface area contributed by atoms with Gasteiger partial charge in [-0.25, -0.2) is 0 Å². The molecule has 0 saturated carbocycles. The molecule has 4 nitrogen and oxygen atoms in total. The monoisotopic (exact) mass is 252 g/mol. The van der Waals surface area contributed by atoms with E-state index in [-0.39, 0.29) is 0 Å². The second-order valence-corrected chi connectivity index (χ2v) is 4.84. The first-order chi connectivity index (χ1) is 8.19. The molecule has 0 atom stereocenters. The van der Waals surface area contributed by atoms with Crippen molar-refractivity contribution in [2.45, 2.75) is 46.1 Å². The van der Waals surface area contributed by atoms with Gasteiger partial charge in [-0.15, -0.1) is 0 Å². The van der Waals surface area contributed by atoms with Crippen molar-refractivity contribution in [3.8, 4) is 0 Å². The number of H-pyrrole nitrogens is 1. The maximum atomic E-state index is 5.39. The molecule has 0 fully saturated rings. The van der Waals surface area contributed by atoms with Crippen LogP contribution in [0.15, 0.2) is 0 Å². The van der Waals surface area contributed by atoms with Gasteiger partial charge < -0.3 is 9.55 Å². The van der Waals surface area contributed by atoms with E-state index in [0.29, 0.717) is 0 Å². The molecule has 0 radical (unpaired) electrons. The predicted molar refractivity (Wildman–Crippen MR) is 72.8 cm³/mol. The molecule has 0 bridgehead atoms. The molecule has 2 aromatic heterocycles. The first kappa shape index (κ1) is 12.4. The molecular formula is C12H20N4S. The molecular weight excluding hydrogens is 232 g/mol. The predicted octanol–water partition coefficient (Wildman–Crippen LogP) is 3.18. The molecule has 94 valence electrons. The Balaban J connectivity index is 2.53. The fourth-order valence-electron chi connectivity index (χ4n) is 2.21. The lowest BCUT2D eigenvalue weighted by molar-refractivity contribution is 0.616. The summed E-state index contributed by atoms with van der Waals surface area (Å²) >= 11 is 5.39. The summed E-state index contributed by atoms with van der Waals surface area (Å²) in [5, 5.41) is 4.57. The maximum Gasteiger partial charge on any atom is 0.179 e. The molecule has 2 rings (SSSR count).